The molecule has 0 spiro atoms. The number of hydrogen-bond donors (Lipinski definition) is 2. The van der Waals surface area contributed by atoms with Crippen molar-refractivity contribution >= 4 is 46.5 Å². The SMILES string of the molecule is C[C@@H]1CCCCN1c1cc(N2CCOCC2)nc(NC(=S)NCC2(c3cccc(Cl)c3)CCCC2)n1. The summed E-state index contributed by atoms with van der Waals surface area (Å²) in [5.74, 6) is 2.44. The quantitative estimate of drug-likeness (QED) is 0.499. The van der Waals surface area contributed by atoms with E-state index in [1.165, 1.54) is 37.7 Å². The Morgan fingerprint density at radius 2 is 1.86 bits per heavy atom. The zero-order valence-electron chi connectivity index (χ0n) is 21.1. The zero-order valence-corrected chi connectivity index (χ0v) is 22.7. The van der Waals surface area contributed by atoms with E-state index in [4.69, 9.17) is 38.5 Å². The number of benzene rings is 1. The number of halogens is 1. The van der Waals surface area contributed by atoms with Crippen molar-refractivity contribution in [2.75, 3.05) is 54.5 Å². The standard InChI is InChI=1S/C27H37ClN6OS/c1-20-7-2-5-12-34(20)24-18-23(33-13-15-35-16-14-33)30-25(31-24)32-26(36)29-19-27(10-3-4-11-27)21-8-6-9-22(28)17-21/h6,8-9,17-18,20H,2-5,7,10-16,19H2,1H3,(H2,29,30,31,32,36)/t20-/m1/s1. The molecule has 9 heteroatoms. The lowest BCUT2D eigenvalue weighted by Crippen LogP contribution is -2.42. The second-order valence-electron chi connectivity index (χ2n) is 10.4. The summed E-state index contributed by atoms with van der Waals surface area (Å²) in [4.78, 5) is 14.5. The average Bonchev–Trinajstić information content (AvgIpc) is 3.38. The fraction of sp³-hybridized carbons (Fsp3) is 0.593. The van der Waals surface area contributed by atoms with Crippen LogP contribution in [0.25, 0.3) is 0 Å². The van der Waals surface area contributed by atoms with Gasteiger partial charge in [0.25, 0.3) is 0 Å². The third kappa shape index (κ3) is 5.87. The van der Waals surface area contributed by atoms with Crippen molar-refractivity contribution in [1.29, 1.82) is 0 Å². The van der Waals surface area contributed by atoms with Crippen LogP contribution >= 0.6 is 23.8 Å². The van der Waals surface area contributed by atoms with Crippen molar-refractivity contribution in [3.05, 3.63) is 40.9 Å². The maximum absolute atomic E-state index is 6.33. The minimum Gasteiger partial charge on any atom is -0.378 e. The number of thiocarbonyl (C=S) groups is 1. The van der Waals surface area contributed by atoms with Gasteiger partial charge in [0.15, 0.2) is 5.11 Å². The van der Waals surface area contributed by atoms with Crippen molar-refractivity contribution in [2.24, 2.45) is 0 Å². The van der Waals surface area contributed by atoms with Crippen molar-refractivity contribution in [2.45, 2.75) is 63.3 Å². The highest BCUT2D eigenvalue weighted by atomic mass is 35.5. The van der Waals surface area contributed by atoms with Gasteiger partial charge in [0, 0.05) is 48.7 Å². The first-order chi connectivity index (χ1) is 17.5. The number of hydrogen-bond acceptors (Lipinski definition) is 6. The summed E-state index contributed by atoms with van der Waals surface area (Å²) in [5.41, 5.74) is 1.33. The van der Waals surface area contributed by atoms with Crippen LogP contribution < -0.4 is 20.4 Å². The average molecular weight is 529 g/mol. The van der Waals surface area contributed by atoms with Gasteiger partial charge in [0.2, 0.25) is 5.95 Å². The third-order valence-electron chi connectivity index (χ3n) is 7.94. The van der Waals surface area contributed by atoms with E-state index in [1.807, 2.05) is 12.1 Å². The smallest absolute Gasteiger partial charge is 0.232 e. The molecule has 1 aromatic heterocycles. The Morgan fingerprint density at radius 3 is 2.61 bits per heavy atom. The van der Waals surface area contributed by atoms with Crippen molar-refractivity contribution in [3.8, 4) is 0 Å². The molecule has 2 aromatic rings. The van der Waals surface area contributed by atoms with Crippen molar-refractivity contribution in [3.63, 3.8) is 0 Å². The topological polar surface area (TPSA) is 65.6 Å². The van der Waals surface area contributed by atoms with Gasteiger partial charge in [-0.3, -0.25) is 0 Å². The van der Waals surface area contributed by atoms with Crippen LogP contribution in [0.3, 0.4) is 0 Å². The zero-order chi connectivity index (χ0) is 25.0. The number of aromatic nitrogens is 2. The van der Waals surface area contributed by atoms with Crippen LogP contribution in [0.15, 0.2) is 30.3 Å². The Balaban J connectivity index is 1.33. The third-order valence-corrected chi connectivity index (χ3v) is 8.42. The number of rotatable bonds is 6. The molecular weight excluding hydrogens is 492 g/mol. The van der Waals surface area contributed by atoms with Crippen LogP contribution in [-0.4, -0.2) is 60.5 Å². The van der Waals surface area contributed by atoms with E-state index in [2.05, 4.69) is 45.6 Å². The number of nitrogens with zero attached hydrogens (tertiary/aromatic N) is 4. The van der Waals surface area contributed by atoms with E-state index in [0.717, 1.165) is 55.7 Å². The molecule has 3 heterocycles. The Labute approximate surface area is 225 Å². The molecular formula is C27H37ClN6OS. The van der Waals surface area contributed by atoms with Crippen molar-refractivity contribution < 1.29 is 4.74 Å². The summed E-state index contributed by atoms with van der Waals surface area (Å²) in [6.07, 6.45) is 8.34. The number of nitrogens with one attached hydrogen (secondary N) is 2. The molecule has 0 amide bonds. The fourth-order valence-corrected chi connectivity index (χ4v) is 6.20. The molecule has 194 valence electrons. The van der Waals surface area contributed by atoms with Gasteiger partial charge in [-0.15, -0.1) is 0 Å². The van der Waals surface area contributed by atoms with E-state index >= 15 is 0 Å². The first-order valence-corrected chi connectivity index (χ1v) is 14.1. The molecule has 0 bridgehead atoms. The van der Waals surface area contributed by atoms with E-state index in [1.54, 1.807) is 0 Å². The van der Waals surface area contributed by atoms with Gasteiger partial charge in [-0.05, 0) is 68.9 Å². The Kier molecular flexibility index (Phi) is 8.13. The number of morpholine rings is 1. The molecule has 7 nitrogen and oxygen atoms in total. The van der Waals surface area contributed by atoms with Gasteiger partial charge in [-0.1, -0.05) is 36.6 Å². The largest absolute Gasteiger partial charge is 0.378 e. The van der Waals surface area contributed by atoms with Crippen LogP contribution in [-0.2, 0) is 10.2 Å². The highest BCUT2D eigenvalue weighted by molar-refractivity contribution is 7.80. The Morgan fingerprint density at radius 1 is 1.08 bits per heavy atom. The van der Waals surface area contributed by atoms with Crippen LogP contribution in [0.1, 0.15) is 57.4 Å². The minimum absolute atomic E-state index is 0.0432. The number of anilines is 3. The van der Waals surface area contributed by atoms with Gasteiger partial charge in [-0.25, -0.2) is 0 Å². The van der Waals surface area contributed by atoms with Gasteiger partial charge in [0.05, 0.1) is 13.2 Å². The fourth-order valence-electron chi connectivity index (χ4n) is 5.85. The summed E-state index contributed by atoms with van der Waals surface area (Å²) in [5, 5.41) is 8.14. The van der Waals surface area contributed by atoms with Crippen LogP contribution in [0.2, 0.25) is 5.02 Å². The molecule has 0 radical (unpaired) electrons. The highest BCUT2D eigenvalue weighted by Crippen LogP contribution is 2.41. The predicted molar refractivity (Wildman–Crippen MR) is 152 cm³/mol. The summed E-state index contributed by atoms with van der Waals surface area (Å²) < 4.78 is 5.56. The Bertz CT molecular complexity index is 1060. The lowest BCUT2D eigenvalue weighted by Gasteiger charge is -2.35. The second kappa shape index (κ2) is 11.5. The molecule has 1 saturated carbocycles. The van der Waals surface area contributed by atoms with Gasteiger partial charge in [0.1, 0.15) is 11.6 Å². The molecule has 3 aliphatic rings. The second-order valence-corrected chi connectivity index (χ2v) is 11.2. The van der Waals surface area contributed by atoms with E-state index in [-0.39, 0.29) is 5.41 Å². The predicted octanol–water partition coefficient (Wildman–Crippen LogP) is 5.14. The summed E-state index contributed by atoms with van der Waals surface area (Å²) in [6, 6.07) is 10.9. The lowest BCUT2D eigenvalue weighted by molar-refractivity contribution is 0.122. The summed E-state index contributed by atoms with van der Waals surface area (Å²) in [6.45, 7) is 7.16. The molecule has 1 aliphatic carbocycles. The number of ether oxygens (including phenoxy) is 1. The normalized spacial score (nSPS) is 21.9. The van der Waals surface area contributed by atoms with E-state index in [9.17, 15) is 0 Å². The maximum Gasteiger partial charge on any atom is 0.232 e. The van der Waals surface area contributed by atoms with Gasteiger partial charge in [-0.2, -0.15) is 9.97 Å². The number of piperidine rings is 1. The minimum atomic E-state index is 0.0432. The first kappa shape index (κ1) is 25.5. The van der Waals surface area contributed by atoms with Gasteiger partial charge < -0.3 is 25.2 Å². The molecule has 5 rings (SSSR count). The molecule has 1 atom stereocenters. The molecule has 0 unspecified atom stereocenters. The molecule has 3 fully saturated rings. The van der Waals surface area contributed by atoms with Crippen molar-refractivity contribution in [1.82, 2.24) is 15.3 Å². The summed E-state index contributed by atoms with van der Waals surface area (Å²) in [7, 11) is 0. The molecule has 2 aliphatic heterocycles. The van der Waals surface area contributed by atoms with Crippen LogP contribution in [0, 0.1) is 0 Å². The lowest BCUT2D eigenvalue weighted by atomic mass is 9.79. The van der Waals surface area contributed by atoms with E-state index in [0.29, 0.717) is 30.3 Å². The first-order valence-electron chi connectivity index (χ1n) is 13.3. The maximum atomic E-state index is 6.33. The van der Waals surface area contributed by atoms with Gasteiger partial charge >= 0.3 is 0 Å². The highest BCUT2D eigenvalue weighted by Gasteiger charge is 2.36. The van der Waals surface area contributed by atoms with Crippen LogP contribution in [0.5, 0.6) is 0 Å². The Hall–Kier alpha value is -2.16. The molecule has 36 heavy (non-hydrogen) atoms. The van der Waals surface area contributed by atoms with E-state index < -0.39 is 0 Å². The monoisotopic (exact) mass is 528 g/mol. The van der Waals surface area contributed by atoms with Crippen LogP contribution in [0.4, 0.5) is 17.6 Å². The molecule has 1 aromatic carbocycles. The molecule has 2 saturated heterocycles. The molecule has 2 N–H and O–H groups in total. The summed E-state index contributed by atoms with van der Waals surface area (Å²) >= 11 is 12.1.